The molecule has 2 bridgehead atoms. The lowest BCUT2D eigenvalue weighted by Gasteiger charge is -2.35. The number of fused-ring (bicyclic) bond motifs is 2. The average Bonchev–Trinajstić information content (AvgIpc) is 2.32. The molecule has 0 radical (unpaired) electrons. The summed E-state index contributed by atoms with van der Waals surface area (Å²) in [5.74, 6) is 0. The van der Waals surface area contributed by atoms with E-state index in [0.717, 1.165) is 26.2 Å². The zero-order chi connectivity index (χ0) is 10.2. The van der Waals surface area contributed by atoms with Crippen LogP contribution in [0.1, 0.15) is 33.1 Å². The Balaban J connectivity index is 1.86. The smallest absolute Gasteiger partial charge is 0.0622 e. The monoisotopic (exact) mass is 199 g/mol. The van der Waals surface area contributed by atoms with E-state index in [9.17, 15) is 5.11 Å². The van der Waals surface area contributed by atoms with Gasteiger partial charge in [0.25, 0.3) is 0 Å². The third-order valence-electron chi connectivity index (χ3n) is 3.37. The molecule has 82 valence electrons. The highest BCUT2D eigenvalue weighted by atomic mass is 16.5. The summed E-state index contributed by atoms with van der Waals surface area (Å²) in [6.07, 6.45) is 3.41. The van der Waals surface area contributed by atoms with E-state index in [1.807, 2.05) is 13.8 Å². The summed E-state index contributed by atoms with van der Waals surface area (Å²) in [4.78, 5) is 2.53. The van der Waals surface area contributed by atoms with Gasteiger partial charge >= 0.3 is 0 Å². The Kier molecular flexibility index (Phi) is 2.82. The largest absolute Gasteiger partial charge is 0.390 e. The molecule has 2 atom stereocenters. The quantitative estimate of drug-likeness (QED) is 0.736. The molecule has 0 spiro atoms. The molecule has 14 heavy (non-hydrogen) atoms. The van der Waals surface area contributed by atoms with Gasteiger partial charge in [0.1, 0.15) is 0 Å². The molecule has 2 rings (SSSR count). The summed E-state index contributed by atoms with van der Waals surface area (Å²) in [5.41, 5.74) is -0.530. The Morgan fingerprint density at radius 2 is 1.86 bits per heavy atom. The SMILES string of the molecule is CC(C)(O)CCN1C2CCC1COC2. The Morgan fingerprint density at radius 1 is 1.29 bits per heavy atom. The highest BCUT2D eigenvalue weighted by Crippen LogP contribution is 2.29. The molecule has 3 nitrogen and oxygen atoms in total. The van der Waals surface area contributed by atoms with E-state index >= 15 is 0 Å². The van der Waals surface area contributed by atoms with E-state index in [4.69, 9.17) is 4.74 Å². The van der Waals surface area contributed by atoms with Crippen LogP contribution in [0.15, 0.2) is 0 Å². The zero-order valence-electron chi connectivity index (χ0n) is 9.20. The summed E-state index contributed by atoms with van der Waals surface area (Å²) >= 11 is 0. The second-order valence-electron chi connectivity index (χ2n) is 5.22. The highest BCUT2D eigenvalue weighted by Gasteiger charge is 2.37. The van der Waals surface area contributed by atoms with Gasteiger partial charge in [0.2, 0.25) is 0 Å². The summed E-state index contributed by atoms with van der Waals surface area (Å²) in [6, 6.07) is 1.24. The Morgan fingerprint density at radius 3 is 2.36 bits per heavy atom. The molecule has 2 aliphatic heterocycles. The number of nitrogens with zero attached hydrogens (tertiary/aromatic N) is 1. The van der Waals surface area contributed by atoms with Crippen LogP contribution in [0, 0.1) is 0 Å². The molecular weight excluding hydrogens is 178 g/mol. The van der Waals surface area contributed by atoms with Crippen LogP contribution >= 0.6 is 0 Å². The minimum Gasteiger partial charge on any atom is -0.390 e. The maximum Gasteiger partial charge on any atom is 0.0622 e. The van der Waals surface area contributed by atoms with Crippen LogP contribution in [0.4, 0.5) is 0 Å². The van der Waals surface area contributed by atoms with Crippen molar-refractivity contribution in [3.8, 4) is 0 Å². The van der Waals surface area contributed by atoms with Gasteiger partial charge in [-0.2, -0.15) is 0 Å². The lowest BCUT2D eigenvalue weighted by atomic mass is 10.0. The lowest BCUT2D eigenvalue weighted by molar-refractivity contribution is -0.0277. The maximum atomic E-state index is 9.68. The van der Waals surface area contributed by atoms with E-state index in [-0.39, 0.29) is 0 Å². The van der Waals surface area contributed by atoms with Gasteiger partial charge in [0.05, 0.1) is 18.8 Å². The molecule has 0 amide bonds. The minimum absolute atomic E-state index is 0.530. The lowest BCUT2D eigenvalue weighted by Crippen LogP contribution is -2.47. The van der Waals surface area contributed by atoms with Gasteiger partial charge in [0.15, 0.2) is 0 Å². The topological polar surface area (TPSA) is 32.7 Å². The number of morpholine rings is 1. The van der Waals surface area contributed by atoms with Crippen molar-refractivity contribution in [1.29, 1.82) is 0 Å². The molecule has 1 N–H and O–H groups in total. The van der Waals surface area contributed by atoms with Gasteiger partial charge in [-0.25, -0.2) is 0 Å². The minimum atomic E-state index is -0.530. The first kappa shape index (κ1) is 10.4. The Hall–Kier alpha value is -0.120. The van der Waals surface area contributed by atoms with E-state index in [0.29, 0.717) is 12.1 Å². The molecule has 2 aliphatic rings. The molecule has 2 saturated heterocycles. The van der Waals surface area contributed by atoms with E-state index in [1.165, 1.54) is 12.8 Å². The Bertz CT molecular complexity index is 184. The first-order valence-electron chi connectivity index (χ1n) is 5.62. The fourth-order valence-electron chi connectivity index (χ4n) is 2.48. The van der Waals surface area contributed by atoms with Crippen molar-refractivity contribution in [2.75, 3.05) is 19.8 Å². The van der Waals surface area contributed by atoms with Crippen LogP contribution in [-0.4, -0.2) is 47.4 Å². The van der Waals surface area contributed by atoms with Crippen LogP contribution in [0.5, 0.6) is 0 Å². The van der Waals surface area contributed by atoms with Crippen LogP contribution in [0.3, 0.4) is 0 Å². The normalized spacial score (nSPS) is 33.6. The van der Waals surface area contributed by atoms with Gasteiger partial charge < -0.3 is 9.84 Å². The van der Waals surface area contributed by atoms with Crippen LogP contribution in [0.25, 0.3) is 0 Å². The van der Waals surface area contributed by atoms with E-state index < -0.39 is 5.60 Å². The second kappa shape index (κ2) is 3.80. The number of rotatable bonds is 3. The predicted octanol–water partition coefficient (Wildman–Crippen LogP) is 1.01. The second-order valence-corrected chi connectivity index (χ2v) is 5.22. The van der Waals surface area contributed by atoms with E-state index in [1.54, 1.807) is 0 Å². The summed E-state index contributed by atoms with van der Waals surface area (Å²) in [7, 11) is 0. The van der Waals surface area contributed by atoms with Crippen LogP contribution < -0.4 is 0 Å². The average molecular weight is 199 g/mol. The fraction of sp³-hybridized carbons (Fsp3) is 1.00. The summed E-state index contributed by atoms with van der Waals surface area (Å²) < 4.78 is 5.51. The molecule has 2 heterocycles. The molecule has 2 fully saturated rings. The molecule has 2 unspecified atom stereocenters. The molecule has 0 aliphatic carbocycles. The maximum absolute atomic E-state index is 9.68. The number of aliphatic hydroxyl groups is 1. The first-order chi connectivity index (χ1) is 6.56. The third kappa shape index (κ3) is 2.27. The molecule has 0 saturated carbocycles. The summed E-state index contributed by atoms with van der Waals surface area (Å²) in [6.45, 7) is 6.57. The summed E-state index contributed by atoms with van der Waals surface area (Å²) in [5, 5.41) is 9.68. The molecular formula is C11H21NO2. The third-order valence-corrected chi connectivity index (χ3v) is 3.37. The number of hydrogen-bond acceptors (Lipinski definition) is 3. The molecule has 0 aromatic heterocycles. The number of ether oxygens (including phenoxy) is 1. The first-order valence-corrected chi connectivity index (χ1v) is 5.62. The van der Waals surface area contributed by atoms with Crippen molar-refractivity contribution in [1.82, 2.24) is 4.90 Å². The predicted molar refractivity (Wildman–Crippen MR) is 55.2 cm³/mol. The van der Waals surface area contributed by atoms with Crippen molar-refractivity contribution in [2.24, 2.45) is 0 Å². The van der Waals surface area contributed by atoms with Gasteiger partial charge in [0, 0.05) is 18.6 Å². The molecule has 3 heteroatoms. The van der Waals surface area contributed by atoms with Crippen molar-refractivity contribution in [3.05, 3.63) is 0 Å². The van der Waals surface area contributed by atoms with Crippen molar-refractivity contribution in [3.63, 3.8) is 0 Å². The van der Waals surface area contributed by atoms with Crippen molar-refractivity contribution in [2.45, 2.75) is 50.8 Å². The fourth-order valence-corrected chi connectivity index (χ4v) is 2.48. The van der Waals surface area contributed by atoms with Gasteiger partial charge in [-0.1, -0.05) is 0 Å². The number of hydrogen-bond donors (Lipinski definition) is 1. The standard InChI is InChI=1S/C11H21NO2/c1-11(2,13)5-6-12-9-3-4-10(12)8-14-7-9/h9-10,13H,3-8H2,1-2H3. The highest BCUT2D eigenvalue weighted by molar-refractivity contribution is 4.91. The van der Waals surface area contributed by atoms with Crippen molar-refractivity contribution >= 4 is 0 Å². The molecule has 0 aromatic carbocycles. The van der Waals surface area contributed by atoms with Crippen LogP contribution in [-0.2, 0) is 4.74 Å². The Labute approximate surface area is 86.0 Å². The van der Waals surface area contributed by atoms with E-state index in [2.05, 4.69) is 4.90 Å². The van der Waals surface area contributed by atoms with Gasteiger partial charge in [-0.05, 0) is 33.1 Å². The van der Waals surface area contributed by atoms with Gasteiger partial charge in [-0.15, -0.1) is 0 Å². The zero-order valence-corrected chi connectivity index (χ0v) is 9.20. The van der Waals surface area contributed by atoms with Crippen molar-refractivity contribution < 1.29 is 9.84 Å². The molecule has 0 aromatic rings. The van der Waals surface area contributed by atoms with Gasteiger partial charge in [-0.3, -0.25) is 4.90 Å². The van der Waals surface area contributed by atoms with Crippen LogP contribution in [0.2, 0.25) is 0 Å².